The van der Waals surface area contributed by atoms with Crippen molar-refractivity contribution in [2.24, 2.45) is 7.05 Å². The van der Waals surface area contributed by atoms with Crippen LogP contribution in [-0.4, -0.2) is 21.4 Å². The van der Waals surface area contributed by atoms with E-state index >= 15 is 0 Å². The number of hydrogen-bond donors (Lipinski definition) is 1. The molecule has 1 aromatic carbocycles. The van der Waals surface area contributed by atoms with Crippen molar-refractivity contribution in [3.63, 3.8) is 0 Å². The summed E-state index contributed by atoms with van der Waals surface area (Å²) in [5.74, 6) is 0.627. The van der Waals surface area contributed by atoms with Gasteiger partial charge in [0.2, 0.25) is 0 Å². The van der Waals surface area contributed by atoms with Gasteiger partial charge in [-0.25, -0.2) is 4.79 Å². The van der Waals surface area contributed by atoms with E-state index in [1.807, 2.05) is 25.1 Å². The van der Waals surface area contributed by atoms with Crippen LogP contribution in [0.1, 0.15) is 17.2 Å². The Bertz CT molecular complexity index is 628. The zero-order chi connectivity index (χ0) is 14.0. The number of hydrogen-bond acceptors (Lipinski definition) is 3. The highest BCUT2D eigenvalue weighted by atomic mass is 16.5. The Morgan fingerprint density at radius 3 is 2.68 bits per heavy atom. The number of aromatic nitrogens is 2. The zero-order valence-electron chi connectivity index (χ0n) is 11.3. The summed E-state index contributed by atoms with van der Waals surface area (Å²) in [7, 11) is 3.24. The first-order valence-electron chi connectivity index (χ1n) is 6.07. The van der Waals surface area contributed by atoms with Gasteiger partial charge in [-0.15, -0.1) is 0 Å². The topological polar surface area (TPSA) is 56.4 Å². The Morgan fingerprint density at radius 1 is 1.37 bits per heavy atom. The maximum Gasteiger partial charge on any atom is 0.327 e. The van der Waals surface area contributed by atoms with Crippen molar-refractivity contribution >= 4 is 0 Å². The van der Waals surface area contributed by atoms with Gasteiger partial charge in [0.15, 0.2) is 0 Å². The average Bonchev–Trinajstić information content (AvgIpc) is 2.70. The monoisotopic (exact) mass is 262 g/mol. The van der Waals surface area contributed by atoms with Crippen molar-refractivity contribution in [1.29, 1.82) is 0 Å². The van der Waals surface area contributed by atoms with Crippen molar-refractivity contribution in [3.05, 3.63) is 52.2 Å². The molecule has 1 N–H and O–H groups in total. The SMILES string of the molecule is COc1ccc(C)cc1C(O)Cn1ccn(C)c1=O. The Kier molecular flexibility index (Phi) is 3.76. The maximum atomic E-state index is 11.7. The van der Waals surface area contributed by atoms with Gasteiger partial charge in [0, 0.05) is 25.0 Å². The highest BCUT2D eigenvalue weighted by molar-refractivity contribution is 5.38. The summed E-state index contributed by atoms with van der Waals surface area (Å²) in [6, 6.07) is 5.61. The second kappa shape index (κ2) is 5.32. The third-order valence-electron chi connectivity index (χ3n) is 3.13. The highest BCUT2D eigenvalue weighted by Gasteiger charge is 2.15. The summed E-state index contributed by atoms with van der Waals surface area (Å²) in [5, 5.41) is 10.3. The average molecular weight is 262 g/mol. The van der Waals surface area contributed by atoms with E-state index in [2.05, 4.69) is 0 Å². The Balaban J connectivity index is 2.29. The number of rotatable bonds is 4. The quantitative estimate of drug-likeness (QED) is 0.902. The molecule has 5 heteroatoms. The van der Waals surface area contributed by atoms with Crippen LogP contribution in [0.3, 0.4) is 0 Å². The van der Waals surface area contributed by atoms with E-state index in [0.717, 1.165) is 5.56 Å². The molecule has 0 radical (unpaired) electrons. The van der Waals surface area contributed by atoms with Crippen LogP contribution in [-0.2, 0) is 13.6 Å². The number of aliphatic hydroxyl groups excluding tert-OH is 1. The molecule has 102 valence electrons. The van der Waals surface area contributed by atoms with Crippen molar-refractivity contribution in [2.45, 2.75) is 19.6 Å². The normalized spacial score (nSPS) is 12.4. The van der Waals surface area contributed by atoms with Gasteiger partial charge in [0.05, 0.1) is 13.7 Å². The molecule has 0 amide bonds. The van der Waals surface area contributed by atoms with Gasteiger partial charge < -0.3 is 14.4 Å². The Hall–Kier alpha value is -2.01. The van der Waals surface area contributed by atoms with Crippen LogP contribution < -0.4 is 10.4 Å². The fourth-order valence-corrected chi connectivity index (χ4v) is 2.05. The Morgan fingerprint density at radius 2 is 2.11 bits per heavy atom. The van der Waals surface area contributed by atoms with Crippen LogP contribution in [0, 0.1) is 6.92 Å². The van der Waals surface area contributed by atoms with Crippen LogP contribution in [0.25, 0.3) is 0 Å². The minimum Gasteiger partial charge on any atom is -0.496 e. The number of aryl methyl sites for hydroxylation is 2. The summed E-state index contributed by atoms with van der Waals surface area (Å²) >= 11 is 0. The molecule has 1 unspecified atom stereocenters. The first-order chi connectivity index (χ1) is 9.02. The first-order valence-corrected chi connectivity index (χ1v) is 6.07. The molecule has 0 aliphatic rings. The lowest BCUT2D eigenvalue weighted by atomic mass is 10.1. The van der Waals surface area contributed by atoms with Crippen molar-refractivity contribution < 1.29 is 9.84 Å². The zero-order valence-corrected chi connectivity index (χ0v) is 11.3. The van der Waals surface area contributed by atoms with Crippen LogP contribution in [0.5, 0.6) is 5.75 Å². The molecule has 0 saturated carbocycles. The molecule has 1 aromatic heterocycles. The minimum atomic E-state index is -0.782. The van der Waals surface area contributed by atoms with Crippen LogP contribution in [0.4, 0.5) is 0 Å². The molecule has 0 bridgehead atoms. The fraction of sp³-hybridized carbons (Fsp3) is 0.357. The van der Waals surface area contributed by atoms with E-state index < -0.39 is 6.10 Å². The van der Waals surface area contributed by atoms with Gasteiger partial charge in [-0.05, 0) is 19.1 Å². The number of benzene rings is 1. The maximum absolute atomic E-state index is 11.7. The van der Waals surface area contributed by atoms with E-state index in [1.165, 1.54) is 9.13 Å². The van der Waals surface area contributed by atoms with Gasteiger partial charge in [0.1, 0.15) is 11.9 Å². The first kappa shape index (κ1) is 13.4. The van der Waals surface area contributed by atoms with Gasteiger partial charge in [-0.2, -0.15) is 0 Å². The molecule has 0 fully saturated rings. The number of ether oxygens (including phenoxy) is 1. The molecule has 0 aliphatic heterocycles. The summed E-state index contributed by atoms with van der Waals surface area (Å²) in [4.78, 5) is 11.7. The largest absolute Gasteiger partial charge is 0.496 e. The lowest BCUT2D eigenvalue weighted by Gasteiger charge is -2.15. The summed E-state index contributed by atoms with van der Waals surface area (Å²) in [6.45, 7) is 2.16. The molecular formula is C14H18N2O3. The van der Waals surface area contributed by atoms with E-state index in [1.54, 1.807) is 26.6 Å². The van der Waals surface area contributed by atoms with Crippen LogP contribution >= 0.6 is 0 Å². The van der Waals surface area contributed by atoms with Gasteiger partial charge in [0.25, 0.3) is 0 Å². The smallest absolute Gasteiger partial charge is 0.327 e. The number of nitrogens with zero attached hydrogens (tertiary/aromatic N) is 2. The van der Waals surface area contributed by atoms with E-state index in [-0.39, 0.29) is 12.2 Å². The third-order valence-corrected chi connectivity index (χ3v) is 3.13. The molecule has 0 aliphatic carbocycles. The third kappa shape index (κ3) is 2.71. The molecular weight excluding hydrogens is 244 g/mol. The molecule has 0 spiro atoms. The van der Waals surface area contributed by atoms with E-state index in [9.17, 15) is 9.90 Å². The number of methoxy groups -OCH3 is 1. The molecule has 1 atom stereocenters. The summed E-state index contributed by atoms with van der Waals surface area (Å²) in [5.41, 5.74) is 1.58. The number of aliphatic hydroxyl groups is 1. The van der Waals surface area contributed by atoms with Crippen molar-refractivity contribution in [1.82, 2.24) is 9.13 Å². The van der Waals surface area contributed by atoms with Gasteiger partial charge >= 0.3 is 5.69 Å². The van der Waals surface area contributed by atoms with Crippen LogP contribution in [0.15, 0.2) is 35.4 Å². The molecule has 5 nitrogen and oxygen atoms in total. The Labute approximate surface area is 111 Å². The molecule has 2 aromatic rings. The van der Waals surface area contributed by atoms with E-state index in [4.69, 9.17) is 4.74 Å². The standard InChI is InChI=1S/C14H18N2O3/c1-10-4-5-13(19-3)11(8-10)12(17)9-16-7-6-15(2)14(16)18/h4-8,12,17H,9H2,1-3H3. The lowest BCUT2D eigenvalue weighted by Crippen LogP contribution is -2.24. The van der Waals surface area contributed by atoms with Gasteiger partial charge in [-0.3, -0.25) is 4.57 Å². The highest BCUT2D eigenvalue weighted by Crippen LogP contribution is 2.27. The summed E-state index contributed by atoms with van der Waals surface area (Å²) < 4.78 is 8.19. The van der Waals surface area contributed by atoms with Crippen molar-refractivity contribution in [3.8, 4) is 5.75 Å². The molecule has 0 saturated heterocycles. The second-order valence-electron chi connectivity index (χ2n) is 4.61. The van der Waals surface area contributed by atoms with E-state index in [0.29, 0.717) is 11.3 Å². The lowest BCUT2D eigenvalue weighted by molar-refractivity contribution is 0.151. The minimum absolute atomic E-state index is 0.148. The van der Waals surface area contributed by atoms with Crippen LogP contribution in [0.2, 0.25) is 0 Å². The molecule has 19 heavy (non-hydrogen) atoms. The fourth-order valence-electron chi connectivity index (χ4n) is 2.05. The predicted octanol–water partition coefficient (Wildman–Crippen LogP) is 1.24. The molecule has 1 heterocycles. The van der Waals surface area contributed by atoms with Crippen molar-refractivity contribution in [2.75, 3.05) is 7.11 Å². The second-order valence-corrected chi connectivity index (χ2v) is 4.61. The molecule has 2 rings (SSSR count). The number of imidazole rings is 1. The summed E-state index contributed by atoms with van der Waals surface area (Å²) in [6.07, 6.45) is 2.55. The predicted molar refractivity (Wildman–Crippen MR) is 72.4 cm³/mol. The van der Waals surface area contributed by atoms with Gasteiger partial charge in [-0.1, -0.05) is 11.6 Å².